The Morgan fingerprint density at radius 2 is 2.47 bits per heavy atom. The number of aromatic nitrogens is 2. The first kappa shape index (κ1) is 13.3. The van der Waals surface area contributed by atoms with E-state index in [0.29, 0.717) is 29.3 Å². The van der Waals surface area contributed by atoms with Gasteiger partial charge >= 0.3 is 0 Å². The molecule has 98 valence electrons. The molecule has 2 heterocycles. The van der Waals surface area contributed by atoms with Gasteiger partial charge in [0.1, 0.15) is 4.88 Å². The molecule has 6 nitrogen and oxygen atoms in total. The Labute approximate surface area is 114 Å². The summed E-state index contributed by atoms with van der Waals surface area (Å²) in [6.45, 7) is 0.705. The fraction of sp³-hybridized carbons (Fsp3) is 0.250. The van der Waals surface area contributed by atoms with Crippen LogP contribution in [0.1, 0.15) is 21.1 Å². The lowest BCUT2D eigenvalue weighted by molar-refractivity contribution is 0.0957. The average Bonchev–Trinajstić information content (AvgIpc) is 3.07. The van der Waals surface area contributed by atoms with Gasteiger partial charge in [0.25, 0.3) is 5.91 Å². The summed E-state index contributed by atoms with van der Waals surface area (Å²) in [5.41, 5.74) is 6.01. The van der Waals surface area contributed by atoms with E-state index in [-0.39, 0.29) is 12.5 Å². The molecule has 2 rings (SSSR count). The summed E-state index contributed by atoms with van der Waals surface area (Å²) in [7, 11) is 0. The van der Waals surface area contributed by atoms with Gasteiger partial charge in [0, 0.05) is 18.5 Å². The second kappa shape index (κ2) is 6.68. The highest BCUT2D eigenvalue weighted by Crippen LogP contribution is 2.15. The molecule has 0 atom stereocenters. The summed E-state index contributed by atoms with van der Waals surface area (Å²) in [4.78, 5) is 16.4. The summed E-state index contributed by atoms with van der Waals surface area (Å²) >= 11 is 1.35. The molecule has 3 N–H and O–H groups in total. The molecular weight excluding hydrogens is 264 g/mol. The summed E-state index contributed by atoms with van der Waals surface area (Å²) in [5, 5.41) is 8.10. The summed E-state index contributed by atoms with van der Waals surface area (Å²) in [6.07, 6.45) is 1.83. The normalized spacial score (nSPS) is 9.74. The van der Waals surface area contributed by atoms with Gasteiger partial charge in [-0.3, -0.25) is 4.79 Å². The standard InChI is InChI=1S/C12H12N4O2S/c13-5-1-2-9-4-7-19-11(9)12(17)14-6-3-10-15-8-16-18-10/h4,7-8H,3,5-6,13H2,(H,14,17). The Hall–Kier alpha value is -2.17. The minimum absolute atomic E-state index is 0.157. The summed E-state index contributed by atoms with van der Waals surface area (Å²) < 4.78 is 4.84. The lowest BCUT2D eigenvalue weighted by Crippen LogP contribution is -2.25. The van der Waals surface area contributed by atoms with Crippen molar-refractivity contribution in [2.45, 2.75) is 6.42 Å². The maximum Gasteiger partial charge on any atom is 0.262 e. The number of hydrogen-bond acceptors (Lipinski definition) is 6. The number of nitrogens with two attached hydrogens (primary N) is 1. The van der Waals surface area contributed by atoms with Crippen molar-refractivity contribution in [1.82, 2.24) is 15.5 Å². The molecule has 0 radical (unpaired) electrons. The molecule has 2 aromatic rings. The maximum absolute atomic E-state index is 12.0. The van der Waals surface area contributed by atoms with Gasteiger partial charge in [-0.05, 0) is 11.4 Å². The third-order valence-corrected chi connectivity index (χ3v) is 3.14. The molecule has 0 aromatic carbocycles. The van der Waals surface area contributed by atoms with Crippen LogP contribution in [0.3, 0.4) is 0 Å². The van der Waals surface area contributed by atoms with Crippen LogP contribution in [0.5, 0.6) is 0 Å². The van der Waals surface area contributed by atoms with Gasteiger partial charge in [-0.15, -0.1) is 11.3 Å². The molecule has 7 heteroatoms. The number of rotatable bonds is 4. The van der Waals surface area contributed by atoms with E-state index in [2.05, 4.69) is 27.3 Å². The molecule has 0 aliphatic heterocycles. The van der Waals surface area contributed by atoms with E-state index in [1.807, 2.05) is 5.38 Å². The van der Waals surface area contributed by atoms with E-state index in [0.717, 1.165) is 0 Å². The number of hydrogen-bond donors (Lipinski definition) is 2. The van der Waals surface area contributed by atoms with Crippen LogP contribution < -0.4 is 11.1 Å². The largest absolute Gasteiger partial charge is 0.351 e. The van der Waals surface area contributed by atoms with Crippen molar-refractivity contribution in [1.29, 1.82) is 0 Å². The monoisotopic (exact) mass is 276 g/mol. The van der Waals surface area contributed by atoms with E-state index in [1.165, 1.54) is 17.7 Å². The fourth-order valence-corrected chi connectivity index (χ4v) is 2.16. The van der Waals surface area contributed by atoms with Gasteiger partial charge in [0.15, 0.2) is 6.33 Å². The Morgan fingerprint density at radius 3 is 3.21 bits per heavy atom. The van der Waals surface area contributed by atoms with E-state index in [4.69, 9.17) is 10.3 Å². The molecule has 19 heavy (non-hydrogen) atoms. The molecule has 0 fully saturated rings. The maximum atomic E-state index is 12.0. The number of nitrogens with zero attached hydrogens (tertiary/aromatic N) is 2. The Bertz CT molecular complexity index is 595. The van der Waals surface area contributed by atoms with Crippen LogP contribution in [0, 0.1) is 11.8 Å². The van der Waals surface area contributed by atoms with Gasteiger partial charge in [0.2, 0.25) is 5.89 Å². The third kappa shape index (κ3) is 3.64. The molecule has 0 aliphatic carbocycles. The van der Waals surface area contributed by atoms with Crippen molar-refractivity contribution < 1.29 is 9.32 Å². The van der Waals surface area contributed by atoms with E-state index >= 15 is 0 Å². The Balaban J connectivity index is 1.91. The van der Waals surface area contributed by atoms with Gasteiger partial charge in [-0.1, -0.05) is 17.0 Å². The first-order valence-electron chi connectivity index (χ1n) is 5.61. The van der Waals surface area contributed by atoms with Crippen molar-refractivity contribution in [2.75, 3.05) is 13.1 Å². The predicted octanol–water partition coefficient (Wildman–Crippen LogP) is 0.414. The smallest absolute Gasteiger partial charge is 0.262 e. The highest BCUT2D eigenvalue weighted by Gasteiger charge is 2.11. The van der Waals surface area contributed by atoms with Crippen LogP contribution in [-0.2, 0) is 6.42 Å². The zero-order valence-corrected chi connectivity index (χ0v) is 10.9. The first-order valence-corrected chi connectivity index (χ1v) is 6.49. The van der Waals surface area contributed by atoms with Gasteiger partial charge in [-0.2, -0.15) is 4.98 Å². The minimum atomic E-state index is -0.157. The van der Waals surface area contributed by atoms with Gasteiger partial charge in [-0.25, -0.2) is 0 Å². The molecule has 0 unspecified atom stereocenters. The molecule has 0 bridgehead atoms. The Kier molecular flexibility index (Phi) is 4.66. The highest BCUT2D eigenvalue weighted by atomic mass is 32.1. The quantitative estimate of drug-likeness (QED) is 0.789. The van der Waals surface area contributed by atoms with Crippen molar-refractivity contribution in [2.24, 2.45) is 5.73 Å². The molecule has 0 aliphatic rings. The molecule has 2 aromatic heterocycles. The summed E-state index contributed by atoms with van der Waals surface area (Å²) in [5.74, 6) is 5.95. The number of amides is 1. The van der Waals surface area contributed by atoms with Crippen LogP contribution in [0.2, 0.25) is 0 Å². The zero-order chi connectivity index (χ0) is 13.5. The second-order valence-electron chi connectivity index (χ2n) is 3.51. The van der Waals surface area contributed by atoms with Gasteiger partial charge < -0.3 is 15.6 Å². The number of carbonyl (C=O) groups excluding carboxylic acids is 1. The molecule has 0 saturated carbocycles. The Morgan fingerprint density at radius 1 is 1.58 bits per heavy atom. The van der Waals surface area contributed by atoms with Crippen LogP contribution in [-0.4, -0.2) is 29.1 Å². The summed E-state index contributed by atoms with van der Waals surface area (Å²) in [6, 6.07) is 1.81. The van der Waals surface area contributed by atoms with E-state index in [9.17, 15) is 4.79 Å². The lowest BCUT2D eigenvalue weighted by atomic mass is 10.2. The van der Waals surface area contributed by atoms with Crippen molar-refractivity contribution in [3.63, 3.8) is 0 Å². The molecule has 0 spiro atoms. The van der Waals surface area contributed by atoms with Crippen molar-refractivity contribution in [3.05, 3.63) is 34.1 Å². The van der Waals surface area contributed by atoms with E-state index in [1.54, 1.807) is 6.07 Å². The minimum Gasteiger partial charge on any atom is -0.351 e. The predicted molar refractivity (Wildman–Crippen MR) is 70.6 cm³/mol. The number of nitrogens with one attached hydrogen (secondary N) is 1. The average molecular weight is 276 g/mol. The molecule has 1 amide bonds. The zero-order valence-electron chi connectivity index (χ0n) is 10.0. The molecular formula is C12H12N4O2S. The highest BCUT2D eigenvalue weighted by molar-refractivity contribution is 7.12. The van der Waals surface area contributed by atoms with Crippen LogP contribution in [0.25, 0.3) is 0 Å². The van der Waals surface area contributed by atoms with Crippen LogP contribution in [0.4, 0.5) is 0 Å². The van der Waals surface area contributed by atoms with Crippen LogP contribution >= 0.6 is 11.3 Å². The SMILES string of the molecule is NCC#Cc1ccsc1C(=O)NCCc1ncno1. The lowest BCUT2D eigenvalue weighted by Gasteiger charge is -2.01. The van der Waals surface area contributed by atoms with Gasteiger partial charge in [0.05, 0.1) is 6.54 Å². The fourth-order valence-electron chi connectivity index (χ4n) is 1.40. The first-order chi connectivity index (χ1) is 9.31. The molecule has 0 saturated heterocycles. The van der Waals surface area contributed by atoms with Crippen LogP contribution in [0.15, 0.2) is 22.3 Å². The van der Waals surface area contributed by atoms with Crippen molar-refractivity contribution in [3.8, 4) is 11.8 Å². The van der Waals surface area contributed by atoms with E-state index < -0.39 is 0 Å². The van der Waals surface area contributed by atoms with Crippen molar-refractivity contribution >= 4 is 17.2 Å². The topological polar surface area (TPSA) is 94.0 Å². The second-order valence-corrected chi connectivity index (χ2v) is 4.43. The number of carbonyl (C=O) groups is 1. The number of thiophene rings is 1. The third-order valence-electron chi connectivity index (χ3n) is 2.23.